The molecule has 1 aromatic heterocycles. The molecule has 2 aliphatic rings. The topological polar surface area (TPSA) is 101 Å². The maximum absolute atomic E-state index is 12.9. The van der Waals surface area contributed by atoms with Gasteiger partial charge in [-0.1, -0.05) is 12.8 Å². The summed E-state index contributed by atoms with van der Waals surface area (Å²) in [6.07, 6.45) is 7.62. The van der Waals surface area contributed by atoms with Gasteiger partial charge < -0.3 is 15.0 Å². The molecule has 1 aliphatic heterocycles. The Bertz CT molecular complexity index is 1030. The van der Waals surface area contributed by atoms with Gasteiger partial charge in [0, 0.05) is 24.7 Å². The zero-order valence-corrected chi connectivity index (χ0v) is 18.5. The number of anilines is 2. The van der Waals surface area contributed by atoms with Crippen molar-refractivity contribution < 1.29 is 17.9 Å². The molecule has 9 heteroatoms. The van der Waals surface area contributed by atoms with Crippen LogP contribution in [0.2, 0.25) is 0 Å². The third-order valence-corrected chi connectivity index (χ3v) is 7.37. The molecular formula is C22H28N4O4S. The Morgan fingerprint density at radius 3 is 2.48 bits per heavy atom. The molecule has 0 spiro atoms. The first-order chi connectivity index (χ1) is 15.0. The summed E-state index contributed by atoms with van der Waals surface area (Å²) in [5, 5.41) is 2.79. The second kappa shape index (κ2) is 9.23. The van der Waals surface area contributed by atoms with Crippen LogP contribution in [0.5, 0.6) is 5.75 Å². The van der Waals surface area contributed by atoms with Crippen molar-refractivity contribution >= 4 is 27.4 Å². The Hall–Kier alpha value is -2.65. The average molecular weight is 445 g/mol. The Morgan fingerprint density at radius 2 is 1.84 bits per heavy atom. The largest absolute Gasteiger partial charge is 0.495 e. The summed E-state index contributed by atoms with van der Waals surface area (Å²) in [6.45, 7) is 1.99. The van der Waals surface area contributed by atoms with Crippen molar-refractivity contribution in [3.63, 3.8) is 0 Å². The Balaban J connectivity index is 1.50. The van der Waals surface area contributed by atoms with E-state index in [1.165, 1.54) is 32.1 Å². The highest BCUT2D eigenvalue weighted by Gasteiger charge is 2.26. The molecule has 0 unspecified atom stereocenters. The number of carbonyl (C=O) groups is 1. The van der Waals surface area contributed by atoms with Crippen molar-refractivity contribution in [1.29, 1.82) is 0 Å². The fourth-order valence-electron chi connectivity index (χ4n) is 4.15. The van der Waals surface area contributed by atoms with Gasteiger partial charge in [0.2, 0.25) is 10.0 Å². The lowest BCUT2D eigenvalue weighted by Gasteiger charge is -2.17. The normalized spacial score (nSPS) is 17.1. The van der Waals surface area contributed by atoms with Gasteiger partial charge >= 0.3 is 0 Å². The number of hydrogen-bond donors (Lipinski definition) is 2. The van der Waals surface area contributed by atoms with Gasteiger partial charge in [-0.2, -0.15) is 0 Å². The summed E-state index contributed by atoms with van der Waals surface area (Å²) in [5.74, 6) is 0.695. The molecule has 2 heterocycles. The van der Waals surface area contributed by atoms with E-state index in [0.29, 0.717) is 5.69 Å². The lowest BCUT2D eigenvalue weighted by Crippen LogP contribution is -2.33. The standard InChI is InChI=1S/C22H28N4O4S/c1-30-19-10-8-16(14-20(19)31(28,29)25-17-6-2-3-7-17)22(27)24-18-9-11-21(23-15-18)26-12-4-5-13-26/h8-11,14-15,17,25H,2-7,12-13H2,1H3,(H,24,27). The van der Waals surface area contributed by atoms with E-state index >= 15 is 0 Å². The second-order valence-corrected chi connectivity index (χ2v) is 9.70. The predicted molar refractivity (Wildman–Crippen MR) is 119 cm³/mol. The maximum atomic E-state index is 12.9. The predicted octanol–water partition coefficient (Wildman–Crippen LogP) is 3.16. The summed E-state index contributed by atoms with van der Waals surface area (Å²) in [6, 6.07) is 8.03. The van der Waals surface area contributed by atoms with Gasteiger partial charge in [0.1, 0.15) is 16.5 Å². The van der Waals surface area contributed by atoms with Gasteiger partial charge in [0.05, 0.1) is 19.0 Å². The molecule has 0 bridgehead atoms. The van der Waals surface area contributed by atoms with Crippen molar-refractivity contribution in [3.8, 4) is 5.75 Å². The van der Waals surface area contributed by atoms with Crippen molar-refractivity contribution in [2.75, 3.05) is 30.4 Å². The highest BCUT2D eigenvalue weighted by Crippen LogP contribution is 2.28. The minimum absolute atomic E-state index is 0.0305. The van der Waals surface area contributed by atoms with Gasteiger partial charge in [-0.25, -0.2) is 18.1 Å². The molecule has 4 rings (SSSR count). The van der Waals surface area contributed by atoms with Crippen LogP contribution in [0, 0.1) is 0 Å². The van der Waals surface area contributed by atoms with Crippen molar-refractivity contribution in [2.45, 2.75) is 49.5 Å². The number of amides is 1. The molecule has 0 radical (unpaired) electrons. The van der Waals surface area contributed by atoms with Crippen LogP contribution in [0.1, 0.15) is 48.9 Å². The first-order valence-electron chi connectivity index (χ1n) is 10.7. The van der Waals surface area contributed by atoms with Crippen LogP contribution in [0.4, 0.5) is 11.5 Å². The molecule has 0 atom stereocenters. The molecule has 1 saturated heterocycles. The summed E-state index contributed by atoms with van der Waals surface area (Å²) in [7, 11) is -2.39. The number of nitrogens with one attached hydrogen (secondary N) is 2. The molecule has 31 heavy (non-hydrogen) atoms. The number of methoxy groups -OCH3 is 1. The first-order valence-corrected chi connectivity index (χ1v) is 12.2. The quantitative estimate of drug-likeness (QED) is 0.680. The monoisotopic (exact) mass is 444 g/mol. The summed E-state index contributed by atoms with van der Waals surface area (Å²) in [4.78, 5) is 19.4. The van der Waals surface area contributed by atoms with Crippen LogP contribution in [-0.4, -0.2) is 45.6 Å². The Labute approximate surface area is 183 Å². The number of aromatic nitrogens is 1. The Kier molecular flexibility index (Phi) is 6.43. The SMILES string of the molecule is COc1ccc(C(=O)Nc2ccc(N3CCCC3)nc2)cc1S(=O)(=O)NC1CCCC1. The van der Waals surface area contributed by atoms with Crippen LogP contribution in [0.25, 0.3) is 0 Å². The number of sulfonamides is 1. The third kappa shape index (κ3) is 4.99. The van der Waals surface area contributed by atoms with Gasteiger partial charge in [-0.05, 0) is 56.0 Å². The van der Waals surface area contributed by atoms with Crippen molar-refractivity contribution in [3.05, 3.63) is 42.1 Å². The van der Waals surface area contributed by atoms with Gasteiger partial charge in [-0.15, -0.1) is 0 Å². The maximum Gasteiger partial charge on any atom is 0.255 e. The lowest BCUT2D eigenvalue weighted by atomic mass is 10.2. The summed E-state index contributed by atoms with van der Waals surface area (Å²) >= 11 is 0. The Morgan fingerprint density at radius 1 is 1.10 bits per heavy atom. The molecule has 2 fully saturated rings. The van der Waals surface area contributed by atoms with Crippen molar-refractivity contribution in [2.24, 2.45) is 0 Å². The van der Waals surface area contributed by atoms with E-state index in [1.807, 2.05) is 6.07 Å². The average Bonchev–Trinajstić information content (AvgIpc) is 3.48. The van der Waals surface area contributed by atoms with Crippen LogP contribution in [-0.2, 0) is 10.0 Å². The molecule has 1 amide bonds. The number of hydrogen-bond acceptors (Lipinski definition) is 6. The number of pyridine rings is 1. The van der Waals surface area contributed by atoms with E-state index in [-0.39, 0.29) is 22.3 Å². The van der Waals surface area contributed by atoms with E-state index in [0.717, 1.165) is 44.6 Å². The molecule has 2 N–H and O–H groups in total. The minimum atomic E-state index is -3.80. The third-order valence-electron chi connectivity index (χ3n) is 5.83. The molecule has 1 saturated carbocycles. The highest BCUT2D eigenvalue weighted by atomic mass is 32.2. The molecular weight excluding hydrogens is 416 g/mol. The number of benzene rings is 1. The molecule has 1 aliphatic carbocycles. The smallest absolute Gasteiger partial charge is 0.255 e. The molecule has 166 valence electrons. The van der Waals surface area contributed by atoms with Gasteiger partial charge in [0.15, 0.2) is 0 Å². The lowest BCUT2D eigenvalue weighted by molar-refractivity contribution is 0.102. The van der Waals surface area contributed by atoms with E-state index in [2.05, 4.69) is 19.9 Å². The number of nitrogens with zero attached hydrogens (tertiary/aromatic N) is 2. The van der Waals surface area contributed by atoms with E-state index < -0.39 is 15.9 Å². The minimum Gasteiger partial charge on any atom is -0.495 e. The second-order valence-electron chi connectivity index (χ2n) is 8.02. The number of ether oxygens (including phenoxy) is 1. The van der Waals surface area contributed by atoms with E-state index in [4.69, 9.17) is 4.74 Å². The van der Waals surface area contributed by atoms with Crippen LogP contribution in [0.15, 0.2) is 41.4 Å². The van der Waals surface area contributed by atoms with Crippen molar-refractivity contribution in [1.82, 2.24) is 9.71 Å². The van der Waals surface area contributed by atoms with Gasteiger partial charge in [-0.3, -0.25) is 4.79 Å². The van der Waals surface area contributed by atoms with E-state index in [9.17, 15) is 13.2 Å². The van der Waals surface area contributed by atoms with Crippen LogP contribution >= 0.6 is 0 Å². The zero-order valence-electron chi connectivity index (χ0n) is 17.6. The first kappa shape index (κ1) is 21.6. The highest BCUT2D eigenvalue weighted by molar-refractivity contribution is 7.89. The van der Waals surface area contributed by atoms with Crippen LogP contribution in [0.3, 0.4) is 0 Å². The fourth-order valence-corrected chi connectivity index (χ4v) is 5.65. The van der Waals surface area contributed by atoms with Gasteiger partial charge in [0.25, 0.3) is 5.91 Å². The molecule has 8 nitrogen and oxygen atoms in total. The molecule has 1 aromatic carbocycles. The fraction of sp³-hybridized carbons (Fsp3) is 0.455. The number of carbonyl (C=O) groups excluding carboxylic acids is 1. The van der Waals surface area contributed by atoms with Crippen LogP contribution < -0.4 is 19.7 Å². The number of rotatable bonds is 7. The van der Waals surface area contributed by atoms with E-state index in [1.54, 1.807) is 18.3 Å². The zero-order chi connectivity index (χ0) is 21.8. The molecule has 2 aromatic rings. The summed E-state index contributed by atoms with van der Waals surface area (Å²) < 4.78 is 33.8. The summed E-state index contributed by atoms with van der Waals surface area (Å²) in [5.41, 5.74) is 0.786.